The molecular weight excluding hydrogens is 234 g/mol. The highest BCUT2D eigenvalue weighted by atomic mass is 16.3. The van der Waals surface area contributed by atoms with Gasteiger partial charge in [0.05, 0.1) is 6.10 Å². The van der Waals surface area contributed by atoms with Crippen LogP contribution in [0.15, 0.2) is 48.5 Å². The summed E-state index contributed by atoms with van der Waals surface area (Å²) in [5, 5.41) is 9.54. The molecule has 2 aromatic carbocycles. The molecule has 100 valence electrons. The molecule has 2 heteroatoms. The Hall–Kier alpha value is -1.80. The van der Waals surface area contributed by atoms with Gasteiger partial charge in [-0.1, -0.05) is 29.8 Å². The minimum absolute atomic E-state index is 0.413. The number of hydrogen-bond acceptors (Lipinski definition) is 2. The molecule has 1 N–H and O–H groups in total. The van der Waals surface area contributed by atoms with E-state index in [9.17, 15) is 5.11 Å². The standard InChI is InChI=1S/C17H21NO/c1-4-18(16-9-5-13(2)6-10-16)17-11-7-15(8-12-17)14(3)19/h5-12,14,19H,4H2,1-3H3. The van der Waals surface area contributed by atoms with Crippen molar-refractivity contribution < 1.29 is 5.11 Å². The van der Waals surface area contributed by atoms with Crippen molar-refractivity contribution >= 4 is 11.4 Å². The first kappa shape index (κ1) is 13.6. The highest BCUT2D eigenvalue weighted by Crippen LogP contribution is 2.26. The van der Waals surface area contributed by atoms with Crippen molar-refractivity contribution in [3.63, 3.8) is 0 Å². The van der Waals surface area contributed by atoms with Gasteiger partial charge in [0.25, 0.3) is 0 Å². The summed E-state index contributed by atoms with van der Waals surface area (Å²) in [5.74, 6) is 0. The van der Waals surface area contributed by atoms with Crippen molar-refractivity contribution in [2.45, 2.75) is 26.9 Å². The first-order valence-electron chi connectivity index (χ1n) is 6.74. The van der Waals surface area contributed by atoms with Crippen molar-refractivity contribution in [1.82, 2.24) is 0 Å². The highest BCUT2D eigenvalue weighted by molar-refractivity contribution is 5.63. The van der Waals surface area contributed by atoms with Crippen LogP contribution in [-0.4, -0.2) is 11.7 Å². The first-order valence-corrected chi connectivity index (χ1v) is 6.74. The third kappa shape index (κ3) is 3.15. The zero-order valence-electron chi connectivity index (χ0n) is 11.8. The summed E-state index contributed by atoms with van der Waals surface area (Å²) in [7, 11) is 0. The number of aliphatic hydroxyl groups is 1. The van der Waals surface area contributed by atoms with E-state index in [4.69, 9.17) is 0 Å². The first-order chi connectivity index (χ1) is 9.11. The van der Waals surface area contributed by atoms with Gasteiger partial charge in [-0.2, -0.15) is 0 Å². The molecule has 2 nitrogen and oxygen atoms in total. The van der Waals surface area contributed by atoms with Crippen LogP contribution in [0.25, 0.3) is 0 Å². The summed E-state index contributed by atoms with van der Waals surface area (Å²) in [4.78, 5) is 2.26. The van der Waals surface area contributed by atoms with Gasteiger partial charge >= 0.3 is 0 Å². The quantitative estimate of drug-likeness (QED) is 0.884. The van der Waals surface area contributed by atoms with Crippen LogP contribution < -0.4 is 4.90 Å². The predicted octanol–water partition coefficient (Wildman–Crippen LogP) is 4.21. The van der Waals surface area contributed by atoms with Crippen molar-refractivity contribution in [2.24, 2.45) is 0 Å². The molecule has 0 spiro atoms. The summed E-state index contributed by atoms with van der Waals surface area (Å²) in [6.45, 7) is 6.93. The fourth-order valence-corrected chi connectivity index (χ4v) is 2.17. The molecule has 2 aromatic rings. The number of anilines is 2. The number of benzene rings is 2. The maximum atomic E-state index is 9.54. The molecule has 0 amide bonds. The summed E-state index contributed by atoms with van der Waals surface area (Å²) in [6, 6.07) is 16.6. The molecule has 0 aliphatic carbocycles. The molecule has 0 fully saturated rings. The summed E-state index contributed by atoms with van der Waals surface area (Å²) in [6.07, 6.45) is -0.413. The molecule has 0 bridgehead atoms. The van der Waals surface area contributed by atoms with E-state index in [1.165, 1.54) is 11.3 Å². The molecule has 0 heterocycles. The van der Waals surface area contributed by atoms with Gasteiger partial charge in [-0.15, -0.1) is 0 Å². The Morgan fingerprint density at radius 2 is 1.42 bits per heavy atom. The van der Waals surface area contributed by atoms with Gasteiger partial charge in [-0.3, -0.25) is 0 Å². The Morgan fingerprint density at radius 1 is 0.947 bits per heavy atom. The van der Waals surface area contributed by atoms with Crippen molar-refractivity contribution in [3.8, 4) is 0 Å². The lowest BCUT2D eigenvalue weighted by Crippen LogP contribution is -2.15. The minimum Gasteiger partial charge on any atom is -0.389 e. The van der Waals surface area contributed by atoms with E-state index >= 15 is 0 Å². The Kier molecular flexibility index (Phi) is 4.23. The molecule has 0 saturated heterocycles. The van der Waals surface area contributed by atoms with E-state index < -0.39 is 6.10 Å². The van der Waals surface area contributed by atoms with E-state index in [1.807, 2.05) is 12.1 Å². The van der Waals surface area contributed by atoms with Crippen molar-refractivity contribution in [3.05, 3.63) is 59.7 Å². The van der Waals surface area contributed by atoms with Gasteiger partial charge in [0.15, 0.2) is 0 Å². The van der Waals surface area contributed by atoms with Crippen LogP contribution in [0.3, 0.4) is 0 Å². The third-order valence-electron chi connectivity index (χ3n) is 3.35. The van der Waals surface area contributed by atoms with Gasteiger partial charge in [0, 0.05) is 17.9 Å². The molecule has 0 aliphatic rings. The summed E-state index contributed by atoms with van der Waals surface area (Å²) >= 11 is 0. The monoisotopic (exact) mass is 255 g/mol. The fraction of sp³-hybridized carbons (Fsp3) is 0.294. The largest absolute Gasteiger partial charge is 0.389 e. The molecule has 0 aromatic heterocycles. The zero-order chi connectivity index (χ0) is 13.8. The lowest BCUT2D eigenvalue weighted by Gasteiger charge is -2.24. The highest BCUT2D eigenvalue weighted by Gasteiger charge is 2.07. The Balaban J connectivity index is 2.28. The van der Waals surface area contributed by atoms with Gasteiger partial charge < -0.3 is 10.0 Å². The fourth-order valence-electron chi connectivity index (χ4n) is 2.17. The number of aliphatic hydroxyl groups excluding tert-OH is 1. The topological polar surface area (TPSA) is 23.5 Å². The van der Waals surface area contributed by atoms with Gasteiger partial charge in [0.1, 0.15) is 0 Å². The maximum absolute atomic E-state index is 9.54. The molecule has 1 atom stereocenters. The molecule has 19 heavy (non-hydrogen) atoms. The minimum atomic E-state index is -0.413. The Bertz CT molecular complexity index is 514. The van der Waals surface area contributed by atoms with E-state index in [2.05, 4.69) is 55.1 Å². The second-order valence-electron chi connectivity index (χ2n) is 4.85. The zero-order valence-corrected chi connectivity index (χ0v) is 11.8. The Morgan fingerprint density at radius 3 is 1.84 bits per heavy atom. The molecule has 0 radical (unpaired) electrons. The van der Waals surface area contributed by atoms with E-state index in [0.29, 0.717) is 0 Å². The van der Waals surface area contributed by atoms with Crippen LogP contribution >= 0.6 is 0 Å². The number of hydrogen-bond donors (Lipinski definition) is 1. The van der Waals surface area contributed by atoms with Crippen LogP contribution in [0.1, 0.15) is 31.1 Å². The van der Waals surface area contributed by atoms with Crippen LogP contribution in [0.4, 0.5) is 11.4 Å². The number of nitrogens with zero attached hydrogens (tertiary/aromatic N) is 1. The normalized spacial score (nSPS) is 12.2. The molecule has 0 aliphatic heterocycles. The SMILES string of the molecule is CCN(c1ccc(C)cc1)c1ccc(C(C)O)cc1. The van der Waals surface area contributed by atoms with Gasteiger partial charge in [-0.05, 0) is 50.6 Å². The van der Waals surface area contributed by atoms with Gasteiger partial charge in [0.2, 0.25) is 0 Å². The van der Waals surface area contributed by atoms with Crippen molar-refractivity contribution in [1.29, 1.82) is 0 Å². The Labute approximate surface area is 115 Å². The van der Waals surface area contributed by atoms with Crippen LogP contribution in [0.2, 0.25) is 0 Å². The average Bonchev–Trinajstić information content (AvgIpc) is 2.42. The summed E-state index contributed by atoms with van der Waals surface area (Å²) in [5.41, 5.74) is 4.56. The molecule has 2 rings (SSSR count). The smallest absolute Gasteiger partial charge is 0.0761 e. The second-order valence-corrected chi connectivity index (χ2v) is 4.85. The van der Waals surface area contributed by atoms with E-state index in [1.54, 1.807) is 6.92 Å². The van der Waals surface area contributed by atoms with Crippen molar-refractivity contribution in [2.75, 3.05) is 11.4 Å². The van der Waals surface area contributed by atoms with E-state index in [-0.39, 0.29) is 0 Å². The van der Waals surface area contributed by atoms with Crippen LogP contribution in [0, 0.1) is 6.92 Å². The number of aryl methyl sites for hydroxylation is 1. The van der Waals surface area contributed by atoms with Crippen LogP contribution in [0.5, 0.6) is 0 Å². The third-order valence-corrected chi connectivity index (χ3v) is 3.35. The van der Waals surface area contributed by atoms with Crippen LogP contribution in [-0.2, 0) is 0 Å². The lowest BCUT2D eigenvalue weighted by atomic mass is 10.1. The van der Waals surface area contributed by atoms with E-state index in [0.717, 1.165) is 17.8 Å². The summed E-state index contributed by atoms with van der Waals surface area (Å²) < 4.78 is 0. The maximum Gasteiger partial charge on any atom is 0.0761 e. The molecule has 1 unspecified atom stereocenters. The predicted molar refractivity (Wildman–Crippen MR) is 80.9 cm³/mol. The number of rotatable bonds is 4. The average molecular weight is 255 g/mol. The second kappa shape index (κ2) is 5.89. The molecular formula is C17H21NO. The lowest BCUT2D eigenvalue weighted by molar-refractivity contribution is 0.199. The molecule has 0 saturated carbocycles. The van der Waals surface area contributed by atoms with Gasteiger partial charge in [-0.25, -0.2) is 0 Å².